The molecule has 4 heterocycles. The van der Waals surface area contributed by atoms with Gasteiger partial charge in [0.05, 0.1) is 16.6 Å². The van der Waals surface area contributed by atoms with E-state index in [0.29, 0.717) is 18.3 Å². The Morgan fingerprint density at radius 1 is 1.17 bits per heavy atom. The molecule has 1 aliphatic rings. The van der Waals surface area contributed by atoms with Crippen molar-refractivity contribution in [3.8, 4) is 28.1 Å². The number of aromatic nitrogens is 5. The monoisotopic (exact) mass is 404 g/mol. The lowest BCUT2D eigenvalue weighted by atomic mass is 9.99. The number of ether oxygens (including phenoxy) is 1. The molecule has 146 valence electrons. The summed E-state index contributed by atoms with van der Waals surface area (Å²) in [5, 5.41) is 8.13. The molecule has 0 saturated heterocycles. The second-order valence-electron chi connectivity index (χ2n) is 7.34. The number of fused-ring (bicyclic) bond motifs is 3. The van der Waals surface area contributed by atoms with Gasteiger partial charge in [0, 0.05) is 28.1 Å². The lowest BCUT2D eigenvalue weighted by molar-refractivity contribution is 0.305. The quantitative estimate of drug-likeness (QED) is 0.530. The molecule has 0 fully saturated rings. The van der Waals surface area contributed by atoms with Crippen molar-refractivity contribution in [2.75, 3.05) is 12.3 Å². The highest BCUT2D eigenvalue weighted by Crippen LogP contribution is 2.45. The van der Waals surface area contributed by atoms with Crippen LogP contribution in [0.5, 0.6) is 5.75 Å². The topological polar surface area (TPSA) is 103 Å². The summed E-state index contributed by atoms with van der Waals surface area (Å²) in [6, 6.07) is 9.94. The summed E-state index contributed by atoms with van der Waals surface area (Å²) in [6.07, 6.45) is 3.32. The number of benzene rings is 1. The van der Waals surface area contributed by atoms with Gasteiger partial charge in [-0.25, -0.2) is 15.0 Å². The summed E-state index contributed by atoms with van der Waals surface area (Å²) in [4.78, 5) is 14.8. The second kappa shape index (κ2) is 6.97. The number of nitrogens with zero attached hydrogens (tertiary/aromatic N) is 4. The number of nitrogens with one attached hydrogen (secondary N) is 1. The fourth-order valence-electron chi connectivity index (χ4n) is 3.46. The van der Waals surface area contributed by atoms with Gasteiger partial charge in [0.25, 0.3) is 0 Å². The van der Waals surface area contributed by atoms with Crippen molar-refractivity contribution in [3.05, 3.63) is 58.6 Å². The van der Waals surface area contributed by atoms with Gasteiger partial charge in [0.15, 0.2) is 0 Å². The first kappa shape index (κ1) is 17.8. The van der Waals surface area contributed by atoms with E-state index in [1.54, 1.807) is 17.5 Å². The van der Waals surface area contributed by atoms with Crippen LogP contribution in [0.15, 0.2) is 42.9 Å². The number of thiazole rings is 1. The molecule has 1 unspecified atom stereocenters. The smallest absolute Gasteiger partial charge is 0.137 e. The highest BCUT2D eigenvalue weighted by Gasteiger charge is 2.31. The van der Waals surface area contributed by atoms with Crippen LogP contribution in [0.4, 0.5) is 5.82 Å². The highest BCUT2D eigenvalue weighted by molar-refractivity contribution is 7.12. The van der Waals surface area contributed by atoms with Crippen molar-refractivity contribution in [1.82, 2.24) is 25.1 Å². The maximum Gasteiger partial charge on any atom is 0.137 e. The summed E-state index contributed by atoms with van der Waals surface area (Å²) in [6.45, 7) is 4.81. The van der Waals surface area contributed by atoms with Crippen LogP contribution >= 0.6 is 11.3 Å². The van der Waals surface area contributed by atoms with Crippen LogP contribution in [0.2, 0.25) is 0 Å². The first-order valence-corrected chi connectivity index (χ1v) is 10.3. The van der Waals surface area contributed by atoms with E-state index in [-0.39, 0.29) is 5.92 Å². The predicted octanol–water partition coefficient (Wildman–Crippen LogP) is 4.22. The third kappa shape index (κ3) is 3.15. The third-order valence-electron chi connectivity index (χ3n) is 5.00. The van der Waals surface area contributed by atoms with Crippen molar-refractivity contribution < 1.29 is 4.74 Å². The molecular formula is C21H20N6OS. The number of aromatic amines is 1. The Labute approximate surface area is 172 Å². The lowest BCUT2D eigenvalue weighted by Gasteiger charge is -2.12. The van der Waals surface area contributed by atoms with Gasteiger partial charge in [0.1, 0.15) is 30.3 Å². The minimum absolute atomic E-state index is 0.0356. The van der Waals surface area contributed by atoms with Crippen LogP contribution in [0, 0.1) is 0 Å². The molecule has 0 saturated carbocycles. The zero-order valence-corrected chi connectivity index (χ0v) is 16.9. The van der Waals surface area contributed by atoms with E-state index < -0.39 is 0 Å². The highest BCUT2D eigenvalue weighted by atomic mass is 32.1. The number of rotatable bonds is 3. The minimum Gasteiger partial charge on any atom is -0.492 e. The zero-order valence-electron chi connectivity index (χ0n) is 16.1. The van der Waals surface area contributed by atoms with Crippen molar-refractivity contribution in [2.24, 2.45) is 0 Å². The molecule has 0 aliphatic carbocycles. The van der Waals surface area contributed by atoms with Gasteiger partial charge in [-0.2, -0.15) is 5.10 Å². The van der Waals surface area contributed by atoms with Gasteiger partial charge < -0.3 is 10.5 Å². The molecule has 1 aliphatic heterocycles. The Morgan fingerprint density at radius 2 is 2.03 bits per heavy atom. The number of H-pyrrole nitrogens is 1. The number of anilines is 1. The van der Waals surface area contributed by atoms with Gasteiger partial charge in [0.2, 0.25) is 0 Å². The average molecular weight is 404 g/mol. The van der Waals surface area contributed by atoms with Gasteiger partial charge in [-0.1, -0.05) is 19.9 Å². The van der Waals surface area contributed by atoms with Gasteiger partial charge >= 0.3 is 0 Å². The Hall–Kier alpha value is -3.26. The van der Waals surface area contributed by atoms with Crippen molar-refractivity contribution in [2.45, 2.75) is 25.7 Å². The lowest BCUT2D eigenvalue weighted by Crippen LogP contribution is -2.11. The summed E-state index contributed by atoms with van der Waals surface area (Å²) < 4.78 is 6.18. The summed E-state index contributed by atoms with van der Waals surface area (Å²) in [7, 11) is 0. The van der Waals surface area contributed by atoms with Crippen LogP contribution in [-0.4, -0.2) is 31.8 Å². The zero-order chi connectivity index (χ0) is 20.0. The van der Waals surface area contributed by atoms with Crippen molar-refractivity contribution >= 4 is 17.2 Å². The van der Waals surface area contributed by atoms with Crippen molar-refractivity contribution in [1.29, 1.82) is 0 Å². The Balaban J connectivity index is 1.67. The molecule has 1 aromatic carbocycles. The summed E-state index contributed by atoms with van der Waals surface area (Å²) >= 11 is 1.72. The Bertz CT molecular complexity index is 1150. The molecule has 8 heteroatoms. The molecule has 0 radical (unpaired) electrons. The standard InChI is InChI=1S/C21H20N6OS/c1-11(2)21-26-18-14-7-12(13-4-6-17(22)23-8-13)3-5-16(14)28-9-15(19(18)29-21)20-24-10-25-27-20/h3-8,10-11,15H,9H2,1-2H3,(H2,22,23)(H,24,25,27). The minimum atomic E-state index is -0.0356. The first-order chi connectivity index (χ1) is 14.1. The van der Waals surface area contributed by atoms with E-state index in [1.165, 1.54) is 6.33 Å². The number of hydrogen-bond acceptors (Lipinski definition) is 7. The maximum absolute atomic E-state index is 6.18. The maximum atomic E-state index is 6.18. The van der Waals surface area contributed by atoms with E-state index in [2.05, 4.69) is 40.1 Å². The van der Waals surface area contributed by atoms with Crippen LogP contribution < -0.4 is 10.5 Å². The van der Waals surface area contributed by atoms with Crippen LogP contribution in [0.25, 0.3) is 22.4 Å². The van der Waals surface area contributed by atoms with Crippen LogP contribution in [0.3, 0.4) is 0 Å². The number of nitrogens with two attached hydrogens (primary N) is 1. The molecule has 1 atom stereocenters. The second-order valence-corrected chi connectivity index (χ2v) is 8.40. The predicted molar refractivity (Wildman–Crippen MR) is 113 cm³/mol. The molecule has 29 heavy (non-hydrogen) atoms. The SMILES string of the molecule is CC(C)c1nc2c(s1)C(c1ncn[nH]1)COc1ccc(-c3ccc(N)nc3)cc1-2. The molecule has 4 aromatic rings. The van der Waals surface area contributed by atoms with E-state index in [0.717, 1.165) is 43.8 Å². The van der Waals surface area contributed by atoms with Gasteiger partial charge in [-0.3, -0.25) is 5.10 Å². The third-order valence-corrected chi connectivity index (χ3v) is 6.47. The largest absolute Gasteiger partial charge is 0.492 e. The number of hydrogen-bond donors (Lipinski definition) is 2. The normalized spacial score (nSPS) is 15.5. The van der Waals surface area contributed by atoms with E-state index in [9.17, 15) is 0 Å². The Kier molecular flexibility index (Phi) is 4.28. The van der Waals surface area contributed by atoms with E-state index >= 15 is 0 Å². The molecular weight excluding hydrogens is 384 g/mol. The Morgan fingerprint density at radius 3 is 2.76 bits per heavy atom. The summed E-state index contributed by atoms with van der Waals surface area (Å²) in [5.41, 5.74) is 9.72. The van der Waals surface area contributed by atoms with Crippen molar-refractivity contribution in [3.63, 3.8) is 0 Å². The molecule has 0 amide bonds. The van der Waals surface area contributed by atoms with Gasteiger partial charge in [-0.15, -0.1) is 11.3 Å². The molecule has 0 bridgehead atoms. The van der Waals surface area contributed by atoms with E-state index in [1.807, 2.05) is 24.3 Å². The van der Waals surface area contributed by atoms with Gasteiger partial charge in [-0.05, 0) is 29.8 Å². The molecule has 3 N–H and O–H groups in total. The fraction of sp³-hybridized carbons (Fsp3) is 0.238. The average Bonchev–Trinajstić information content (AvgIpc) is 3.38. The fourth-order valence-corrected chi connectivity index (χ4v) is 4.63. The summed E-state index contributed by atoms with van der Waals surface area (Å²) in [5.74, 6) is 2.43. The van der Waals surface area contributed by atoms with Crippen LogP contribution in [0.1, 0.15) is 41.4 Å². The number of pyridine rings is 1. The van der Waals surface area contributed by atoms with E-state index in [4.69, 9.17) is 15.5 Å². The molecule has 0 spiro atoms. The van der Waals surface area contributed by atoms with Crippen LogP contribution in [-0.2, 0) is 0 Å². The first-order valence-electron chi connectivity index (χ1n) is 9.45. The number of nitrogen functional groups attached to an aromatic ring is 1. The molecule has 3 aromatic heterocycles. The molecule has 5 rings (SSSR count). The molecule has 7 nitrogen and oxygen atoms in total.